The Morgan fingerprint density at radius 1 is 1.36 bits per heavy atom. The van der Waals surface area contributed by atoms with Crippen molar-refractivity contribution >= 4 is 22.5 Å². The maximum Gasteiger partial charge on any atom is 0.222 e. The van der Waals surface area contributed by atoms with Crippen molar-refractivity contribution < 1.29 is 4.79 Å². The van der Waals surface area contributed by atoms with Crippen molar-refractivity contribution in [2.75, 3.05) is 25.0 Å². The number of anilines is 1. The average molecular weight is 294 g/mol. The molecular weight excluding hydrogens is 276 g/mol. The van der Waals surface area contributed by atoms with E-state index in [4.69, 9.17) is 0 Å². The predicted molar refractivity (Wildman–Crippen MR) is 85.5 cm³/mol. The number of carbonyl (C=O) groups is 1. The van der Waals surface area contributed by atoms with Gasteiger partial charge in [-0.3, -0.25) is 4.79 Å². The van der Waals surface area contributed by atoms with Crippen LogP contribution in [0.5, 0.6) is 0 Å². The summed E-state index contributed by atoms with van der Waals surface area (Å²) in [4.78, 5) is 18.3. The van der Waals surface area contributed by atoms with Gasteiger partial charge in [0.2, 0.25) is 5.91 Å². The van der Waals surface area contributed by atoms with Crippen LogP contribution in [0.4, 0.5) is 5.69 Å². The zero-order valence-electron chi connectivity index (χ0n) is 12.5. The van der Waals surface area contributed by atoms with Gasteiger partial charge in [0.25, 0.3) is 0 Å². The first-order valence-corrected chi connectivity index (χ1v) is 7.49. The summed E-state index contributed by atoms with van der Waals surface area (Å²) in [5, 5.41) is 13.0. The number of aromatic nitrogens is 1. The summed E-state index contributed by atoms with van der Waals surface area (Å²) in [5.74, 6) is 0.210. The number of rotatable bonds is 2. The van der Waals surface area contributed by atoms with Gasteiger partial charge in [-0.25, -0.2) is 4.98 Å². The third-order valence-electron chi connectivity index (χ3n) is 4.26. The van der Waals surface area contributed by atoms with Gasteiger partial charge in [0.05, 0.1) is 5.52 Å². The molecule has 112 valence electrons. The molecule has 0 radical (unpaired) electrons. The Labute approximate surface area is 129 Å². The van der Waals surface area contributed by atoms with E-state index < -0.39 is 0 Å². The van der Waals surface area contributed by atoms with E-state index in [2.05, 4.69) is 21.3 Å². The zero-order valence-corrected chi connectivity index (χ0v) is 12.5. The van der Waals surface area contributed by atoms with E-state index in [1.54, 1.807) is 7.05 Å². The molecule has 1 aromatic carbocycles. The average Bonchev–Trinajstić information content (AvgIpc) is 2.60. The number of nitriles is 1. The Morgan fingerprint density at radius 2 is 2.09 bits per heavy atom. The number of fused-ring (bicyclic) bond motifs is 1. The molecule has 1 amide bonds. The van der Waals surface area contributed by atoms with E-state index >= 15 is 0 Å². The van der Waals surface area contributed by atoms with Crippen LogP contribution in [0.15, 0.2) is 30.3 Å². The first-order chi connectivity index (χ1) is 10.7. The topological polar surface area (TPSA) is 69.0 Å². The minimum absolute atomic E-state index is 0.0878. The van der Waals surface area contributed by atoms with Gasteiger partial charge in [-0.05, 0) is 25.0 Å². The molecule has 0 aliphatic carbocycles. The first kappa shape index (κ1) is 14.3. The van der Waals surface area contributed by atoms with Crippen molar-refractivity contribution in [3.63, 3.8) is 0 Å². The van der Waals surface area contributed by atoms with E-state index in [1.165, 1.54) is 0 Å². The van der Waals surface area contributed by atoms with Crippen LogP contribution in [0, 0.1) is 17.2 Å². The summed E-state index contributed by atoms with van der Waals surface area (Å²) < 4.78 is 0. The quantitative estimate of drug-likeness (QED) is 0.920. The number of nitrogens with zero attached hydrogens (tertiary/aromatic N) is 3. The number of benzene rings is 1. The lowest BCUT2D eigenvalue weighted by atomic mass is 9.95. The summed E-state index contributed by atoms with van der Waals surface area (Å²) in [6, 6.07) is 11.9. The molecule has 0 unspecified atom stereocenters. The maximum atomic E-state index is 11.7. The second-order valence-corrected chi connectivity index (χ2v) is 5.53. The molecule has 1 fully saturated rings. The molecule has 0 bridgehead atoms. The van der Waals surface area contributed by atoms with Crippen LogP contribution in [0.25, 0.3) is 10.9 Å². The molecule has 0 saturated carbocycles. The van der Waals surface area contributed by atoms with Crippen LogP contribution in [0.1, 0.15) is 18.5 Å². The molecule has 1 aromatic heterocycles. The highest BCUT2D eigenvalue weighted by Gasteiger charge is 2.25. The van der Waals surface area contributed by atoms with Crippen molar-refractivity contribution in [1.82, 2.24) is 10.3 Å². The predicted octanol–water partition coefficient (Wildman–Crippen LogP) is 2.07. The van der Waals surface area contributed by atoms with Crippen LogP contribution >= 0.6 is 0 Å². The summed E-state index contributed by atoms with van der Waals surface area (Å²) >= 11 is 0. The highest BCUT2D eigenvalue weighted by molar-refractivity contribution is 5.92. The number of hydrogen-bond donors (Lipinski definition) is 1. The van der Waals surface area contributed by atoms with Crippen LogP contribution < -0.4 is 10.2 Å². The second-order valence-electron chi connectivity index (χ2n) is 5.53. The van der Waals surface area contributed by atoms with E-state index in [-0.39, 0.29) is 11.8 Å². The normalized spacial score (nSPS) is 15.5. The van der Waals surface area contributed by atoms with Gasteiger partial charge in [0, 0.05) is 37.1 Å². The lowest BCUT2D eigenvalue weighted by Crippen LogP contribution is -2.39. The summed E-state index contributed by atoms with van der Waals surface area (Å²) in [5.41, 5.74) is 2.31. The van der Waals surface area contributed by atoms with Crippen molar-refractivity contribution in [3.05, 3.63) is 36.0 Å². The van der Waals surface area contributed by atoms with Crippen molar-refractivity contribution in [3.8, 4) is 6.07 Å². The van der Waals surface area contributed by atoms with Crippen LogP contribution in [-0.2, 0) is 4.79 Å². The molecule has 1 saturated heterocycles. The highest BCUT2D eigenvalue weighted by Crippen LogP contribution is 2.30. The van der Waals surface area contributed by atoms with E-state index in [1.807, 2.05) is 30.3 Å². The van der Waals surface area contributed by atoms with Crippen LogP contribution in [-0.4, -0.2) is 31.0 Å². The number of pyridine rings is 1. The zero-order chi connectivity index (χ0) is 15.5. The monoisotopic (exact) mass is 294 g/mol. The highest BCUT2D eigenvalue weighted by atomic mass is 16.1. The molecule has 0 spiro atoms. The third kappa shape index (κ3) is 2.60. The molecular formula is C17H18N4O. The fourth-order valence-electron chi connectivity index (χ4n) is 3.06. The summed E-state index contributed by atoms with van der Waals surface area (Å²) in [6.07, 6.45) is 1.66. The largest absolute Gasteiger partial charge is 0.371 e. The van der Waals surface area contributed by atoms with Gasteiger partial charge < -0.3 is 10.2 Å². The van der Waals surface area contributed by atoms with Crippen molar-refractivity contribution in [1.29, 1.82) is 5.26 Å². The van der Waals surface area contributed by atoms with Gasteiger partial charge >= 0.3 is 0 Å². The Bertz CT molecular complexity index is 742. The van der Waals surface area contributed by atoms with Crippen LogP contribution in [0.2, 0.25) is 0 Å². The maximum absolute atomic E-state index is 11.7. The van der Waals surface area contributed by atoms with E-state index in [0.29, 0.717) is 5.69 Å². The van der Waals surface area contributed by atoms with Gasteiger partial charge in [-0.2, -0.15) is 5.26 Å². The Morgan fingerprint density at radius 3 is 2.77 bits per heavy atom. The van der Waals surface area contributed by atoms with Crippen molar-refractivity contribution in [2.24, 2.45) is 5.92 Å². The molecule has 2 heterocycles. The SMILES string of the molecule is CNC(=O)C1CCN(c2cc(C#N)nc3ccccc23)CC1. The number of para-hydroxylation sites is 1. The van der Waals surface area contributed by atoms with Crippen molar-refractivity contribution in [2.45, 2.75) is 12.8 Å². The molecule has 0 atom stereocenters. The van der Waals surface area contributed by atoms with Gasteiger partial charge in [0.15, 0.2) is 0 Å². The summed E-state index contributed by atoms with van der Waals surface area (Å²) in [7, 11) is 1.68. The number of amides is 1. The first-order valence-electron chi connectivity index (χ1n) is 7.49. The molecule has 1 N–H and O–H groups in total. The lowest BCUT2D eigenvalue weighted by molar-refractivity contribution is -0.125. The fourth-order valence-corrected chi connectivity index (χ4v) is 3.06. The standard InChI is InChI=1S/C17H18N4O/c1-19-17(22)12-6-8-21(9-7-12)16-10-13(11-18)20-15-5-3-2-4-14(15)16/h2-5,10,12H,6-9H2,1H3,(H,19,22). The number of carbonyl (C=O) groups excluding carboxylic acids is 1. The fraction of sp³-hybridized carbons (Fsp3) is 0.353. The number of hydrogen-bond acceptors (Lipinski definition) is 4. The second kappa shape index (κ2) is 6.02. The Balaban J connectivity index is 1.91. The molecule has 3 rings (SSSR count). The molecule has 1 aliphatic heterocycles. The van der Waals surface area contributed by atoms with Gasteiger partial charge in [-0.1, -0.05) is 18.2 Å². The Hall–Kier alpha value is -2.61. The molecule has 2 aromatic rings. The molecule has 5 heteroatoms. The van der Waals surface area contributed by atoms with Gasteiger partial charge in [0.1, 0.15) is 11.8 Å². The van der Waals surface area contributed by atoms with Crippen LogP contribution in [0.3, 0.4) is 0 Å². The lowest BCUT2D eigenvalue weighted by Gasteiger charge is -2.33. The van der Waals surface area contributed by atoms with E-state index in [9.17, 15) is 10.1 Å². The van der Waals surface area contributed by atoms with Gasteiger partial charge in [-0.15, -0.1) is 0 Å². The number of piperidine rings is 1. The van der Waals surface area contributed by atoms with E-state index in [0.717, 1.165) is 42.5 Å². The summed E-state index contributed by atoms with van der Waals surface area (Å²) in [6.45, 7) is 1.63. The Kier molecular flexibility index (Phi) is 3.92. The third-order valence-corrected chi connectivity index (χ3v) is 4.26. The molecule has 1 aliphatic rings. The smallest absolute Gasteiger partial charge is 0.222 e. The minimum Gasteiger partial charge on any atom is -0.371 e. The molecule has 22 heavy (non-hydrogen) atoms. The minimum atomic E-state index is 0.0878. The molecule has 5 nitrogen and oxygen atoms in total. The number of nitrogens with one attached hydrogen (secondary N) is 1.